The van der Waals surface area contributed by atoms with E-state index < -0.39 is 6.10 Å². The average molecular weight is 211 g/mol. The maximum Gasteiger partial charge on any atom is 0.112 e. The maximum atomic E-state index is 9.73. The van der Waals surface area contributed by atoms with Crippen LogP contribution in [0.15, 0.2) is 12.4 Å². The molecule has 0 aliphatic carbocycles. The summed E-state index contributed by atoms with van der Waals surface area (Å²) in [6.07, 6.45) is 3.09. The topological polar surface area (TPSA) is 76.7 Å². The van der Waals surface area contributed by atoms with Crippen LogP contribution in [-0.2, 0) is 13.5 Å². The SMILES string of the molecule is Cn1cc(C(O)Cc2cnsn2)nn1. The van der Waals surface area contributed by atoms with Crippen molar-refractivity contribution in [3.05, 3.63) is 23.8 Å². The monoisotopic (exact) mass is 211 g/mol. The zero-order valence-electron chi connectivity index (χ0n) is 7.53. The van der Waals surface area contributed by atoms with Crippen molar-refractivity contribution in [1.29, 1.82) is 0 Å². The first-order chi connectivity index (χ1) is 6.75. The molecule has 0 saturated carbocycles. The number of aromatic nitrogens is 5. The minimum absolute atomic E-state index is 0.426. The van der Waals surface area contributed by atoms with Gasteiger partial charge < -0.3 is 5.11 Å². The fraction of sp³-hybridized carbons (Fsp3) is 0.429. The van der Waals surface area contributed by atoms with E-state index in [0.717, 1.165) is 17.4 Å². The molecule has 0 radical (unpaired) electrons. The van der Waals surface area contributed by atoms with E-state index in [-0.39, 0.29) is 0 Å². The first-order valence-electron chi connectivity index (χ1n) is 4.06. The Labute approximate surface area is 84.5 Å². The minimum Gasteiger partial charge on any atom is -0.386 e. The second kappa shape index (κ2) is 3.81. The number of hydrogen-bond donors (Lipinski definition) is 1. The number of aliphatic hydroxyl groups excluding tert-OH is 1. The van der Waals surface area contributed by atoms with Gasteiger partial charge in [-0.1, -0.05) is 5.21 Å². The van der Waals surface area contributed by atoms with Crippen LogP contribution in [0, 0.1) is 0 Å². The van der Waals surface area contributed by atoms with Gasteiger partial charge in [-0.25, -0.2) is 0 Å². The summed E-state index contributed by atoms with van der Waals surface area (Å²) in [6, 6.07) is 0. The number of rotatable bonds is 3. The minimum atomic E-state index is -0.660. The van der Waals surface area contributed by atoms with Crippen LogP contribution >= 0.6 is 11.7 Å². The van der Waals surface area contributed by atoms with E-state index in [1.54, 1.807) is 24.1 Å². The van der Waals surface area contributed by atoms with Gasteiger partial charge in [-0.05, 0) is 0 Å². The van der Waals surface area contributed by atoms with E-state index in [0.29, 0.717) is 12.1 Å². The summed E-state index contributed by atoms with van der Waals surface area (Å²) in [7, 11) is 1.76. The molecule has 1 N–H and O–H groups in total. The Morgan fingerprint density at radius 1 is 1.64 bits per heavy atom. The van der Waals surface area contributed by atoms with Gasteiger partial charge in [-0.2, -0.15) is 8.75 Å². The van der Waals surface area contributed by atoms with Crippen LogP contribution in [0.1, 0.15) is 17.5 Å². The number of aryl methyl sites for hydroxylation is 1. The molecule has 14 heavy (non-hydrogen) atoms. The summed E-state index contributed by atoms with van der Waals surface area (Å²) < 4.78 is 9.41. The van der Waals surface area contributed by atoms with Gasteiger partial charge >= 0.3 is 0 Å². The van der Waals surface area contributed by atoms with Crippen molar-refractivity contribution in [1.82, 2.24) is 23.7 Å². The number of nitrogens with zero attached hydrogens (tertiary/aromatic N) is 5. The zero-order valence-corrected chi connectivity index (χ0v) is 8.35. The Hall–Kier alpha value is -1.34. The highest BCUT2D eigenvalue weighted by molar-refractivity contribution is 6.99. The van der Waals surface area contributed by atoms with Crippen LogP contribution in [0.3, 0.4) is 0 Å². The third-order valence-corrected chi connectivity index (χ3v) is 2.29. The molecule has 2 aromatic heterocycles. The molecule has 0 bridgehead atoms. The van der Waals surface area contributed by atoms with E-state index in [9.17, 15) is 5.11 Å². The lowest BCUT2D eigenvalue weighted by atomic mass is 10.1. The summed E-state index contributed by atoms with van der Waals surface area (Å²) in [5, 5.41) is 17.3. The predicted molar refractivity (Wildman–Crippen MR) is 49.6 cm³/mol. The van der Waals surface area contributed by atoms with E-state index in [1.165, 1.54) is 0 Å². The lowest BCUT2D eigenvalue weighted by molar-refractivity contribution is 0.172. The molecule has 0 fully saturated rings. The summed E-state index contributed by atoms with van der Waals surface area (Å²) in [6.45, 7) is 0. The summed E-state index contributed by atoms with van der Waals surface area (Å²) in [5.41, 5.74) is 1.33. The Morgan fingerprint density at radius 3 is 3.07 bits per heavy atom. The molecule has 0 aromatic carbocycles. The molecule has 0 aliphatic rings. The standard InChI is InChI=1S/C7H9N5OS/c1-12-4-6(9-11-12)7(13)2-5-3-8-14-10-5/h3-4,7,13H,2H2,1H3. The predicted octanol–water partition coefficient (Wildman–Crippen LogP) is -0.0573. The maximum absolute atomic E-state index is 9.73. The van der Waals surface area contributed by atoms with Crippen LogP contribution in [0.4, 0.5) is 0 Å². The zero-order chi connectivity index (χ0) is 9.97. The van der Waals surface area contributed by atoms with E-state index in [1.807, 2.05) is 0 Å². The van der Waals surface area contributed by atoms with Crippen molar-refractivity contribution < 1.29 is 5.11 Å². The highest BCUT2D eigenvalue weighted by Crippen LogP contribution is 2.13. The fourth-order valence-corrected chi connectivity index (χ4v) is 1.54. The summed E-state index contributed by atoms with van der Waals surface area (Å²) >= 11 is 1.13. The first kappa shape index (κ1) is 9.22. The van der Waals surface area contributed by atoms with Gasteiger partial charge in [0, 0.05) is 13.5 Å². The molecule has 0 aliphatic heterocycles. The van der Waals surface area contributed by atoms with Crippen molar-refractivity contribution in [3.63, 3.8) is 0 Å². The first-order valence-corrected chi connectivity index (χ1v) is 4.79. The molecule has 2 rings (SSSR count). The Kier molecular flexibility index (Phi) is 2.51. The van der Waals surface area contributed by atoms with E-state index in [4.69, 9.17) is 0 Å². The Bertz CT molecular complexity index is 398. The van der Waals surface area contributed by atoms with Crippen molar-refractivity contribution in [3.8, 4) is 0 Å². The van der Waals surface area contributed by atoms with Crippen LogP contribution in [-0.4, -0.2) is 28.8 Å². The van der Waals surface area contributed by atoms with Gasteiger partial charge in [0.15, 0.2) is 0 Å². The van der Waals surface area contributed by atoms with Gasteiger partial charge in [0.05, 0.1) is 29.8 Å². The van der Waals surface area contributed by atoms with Crippen molar-refractivity contribution >= 4 is 11.7 Å². The normalized spacial score (nSPS) is 13.0. The third kappa shape index (κ3) is 1.94. The second-order valence-corrected chi connectivity index (χ2v) is 3.49. The van der Waals surface area contributed by atoms with Gasteiger partial charge in [0.25, 0.3) is 0 Å². The van der Waals surface area contributed by atoms with Gasteiger partial charge in [0.1, 0.15) is 11.8 Å². The third-order valence-electron chi connectivity index (χ3n) is 1.77. The molecule has 1 atom stereocenters. The van der Waals surface area contributed by atoms with Crippen LogP contribution in [0.5, 0.6) is 0 Å². The Balaban J connectivity index is 2.06. The quantitative estimate of drug-likeness (QED) is 0.769. The number of aliphatic hydroxyl groups is 1. The smallest absolute Gasteiger partial charge is 0.112 e. The molecular weight excluding hydrogens is 202 g/mol. The lowest BCUT2D eigenvalue weighted by Crippen LogP contribution is -2.02. The van der Waals surface area contributed by atoms with Gasteiger partial charge in [-0.15, -0.1) is 5.10 Å². The van der Waals surface area contributed by atoms with Crippen LogP contribution in [0.2, 0.25) is 0 Å². The molecule has 0 amide bonds. The van der Waals surface area contributed by atoms with Crippen LogP contribution < -0.4 is 0 Å². The molecule has 2 aromatic rings. The highest BCUT2D eigenvalue weighted by atomic mass is 32.1. The highest BCUT2D eigenvalue weighted by Gasteiger charge is 2.13. The molecule has 74 valence electrons. The average Bonchev–Trinajstić information content (AvgIpc) is 2.75. The summed E-state index contributed by atoms with van der Waals surface area (Å²) in [5.74, 6) is 0. The van der Waals surface area contributed by atoms with Crippen molar-refractivity contribution in [2.45, 2.75) is 12.5 Å². The van der Waals surface area contributed by atoms with Crippen molar-refractivity contribution in [2.24, 2.45) is 7.05 Å². The van der Waals surface area contributed by atoms with Gasteiger partial charge in [-0.3, -0.25) is 4.68 Å². The van der Waals surface area contributed by atoms with Crippen molar-refractivity contribution in [2.75, 3.05) is 0 Å². The molecule has 2 heterocycles. The molecule has 0 spiro atoms. The number of hydrogen-bond acceptors (Lipinski definition) is 6. The molecule has 1 unspecified atom stereocenters. The largest absolute Gasteiger partial charge is 0.386 e. The van der Waals surface area contributed by atoms with E-state index >= 15 is 0 Å². The Morgan fingerprint density at radius 2 is 2.50 bits per heavy atom. The molecule has 6 nitrogen and oxygen atoms in total. The molecule has 7 heteroatoms. The van der Waals surface area contributed by atoms with Gasteiger partial charge in [0.2, 0.25) is 0 Å². The van der Waals surface area contributed by atoms with Crippen LogP contribution in [0.25, 0.3) is 0 Å². The lowest BCUT2D eigenvalue weighted by Gasteiger charge is -2.02. The second-order valence-electron chi connectivity index (χ2n) is 2.94. The molecule has 0 saturated heterocycles. The molecular formula is C7H9N5OS. The summed E-state index contributed by atoms with van der Waals surface area (Å²) in [4.78, 5) is 0. The van der Waals surface area contributed by atoms with E-state index in [2.05, 4.69) is 19.1 Å². The fourth-order valence-electron chi connectivity index (χ4n) is 1.09.